The first-order chi connectivity index (χ1) is 8.20. The van der Waals surface area contributed by atoms with E-state index >= 15 is 0 Å². The van der Waals surface area contributed by atoms with Crippen LogP contribution in [0.4, 0.5) is 4.79 Å². The van der Waals surface area contributed by atoms with E-state index in [9.17, 15) is 9.59 Å². The Morgan fingerprint density at radius 1 is 1.28 bits per heavy atom. The number of carbonyl (C=O) groups excluding carboxylic acids is 2. The van der Waals surface area contributed by atoms with Crippen LogP contribution in [0.25, 0.3) is 0 Å². The smallest absolute Gasteiger partial charge is 0.279 e. The molecule has 3 rings (SSSR count). The molecule has 5 nitrogen and oxygen atoms in total. The van der Waals surface area contributed by atoms with Gasteiger partial charge in [-0.15, -0.1) is 12.4 Å². The number of amides is 2. The first-order valence-electron chi connectivity index (χ1n) is 6.20. The predicted octanol–water partition coefficient (Wildman–Crippen LogP) is 0.632. The third kappa shape index (κ3) is 2.92. The van der Waals surface area contributed by atoms with Crippen LogP contribution in [0.2, 0.25) is 0 Å². The molecule has 3 saturated heterocycles. The van der Waals surface area contributed by atoms with E-state index in [2.05, 4.69) is 16.0 Å². The minimum atomic E-state index is -0.333. The molecule has 7 heteroatoms. The van der Waals surface area contributed by atoms with Gasteiger partial charge in [0.1, 0.15) is 6.04 Å². The Hall–Kier alpha value is -0.460. The number of fused-ring (bicyclic) bond motifs is 2. The Morgan fingerprint density at radius 2 is 1.94 bits per heavy atom. The largest absolute Gasteiger partial charge is 0.351 e. The zero-order valence-electron chi connectivity index (χ0n) is 9.98. The Morgan fingerprint density at radius 3 is 2.50 bits per heavy atom. The number of rotatable bonds is 2. The second-order valence-electron chi connectivity index (χ2n) is 5.11. The SMILES string of the molecule is Cl.O=C1N[C@H](C(=O)NC2CC3CCC(C2)N3)CS1. The van der Waals surface area contributed by atoms with Crippen LogP contribution in [0, 0.1) is 0 Å². The molecule has 0 aromatic rings. The van der Waals surface area contributed by atoms with E-state index in [1.54, 1.807) is 0 Å². The van der Waals surface area contributed by atoms with Crippen LogP contribution < -0.4 is 16.0 Å². The van der Waals surface area contributed by atoms with Gasteiger partial charge in [0.25, 0.3) is 5.24 Å². The first-order valence-corrected chi connectivity index (χ1v) is 7.19. The van der Waals surface area contributed by atoms with Gasteiger partial charge in [-0.05, 0) is 25.7 Å². The number of nitrogens with one attached hydrogen (secondary N) is 3. The van der Waals surface area contributed by atoms with Gasteiger partial charge in [-0.3, -0.25) is 9.59 Å². The lowest BCUT2D eigenvalue weighted by Crippen LogP contribution is -2.52. The van der Waals surface area contributed by atoms with Crippen LogP contribution in [0.1, 0.15) is 25.7 Å². The molecule has 0 aromatic carbocycles. The Labute approximate surface area is 117 Å². The highest BCUT2D eigenvalue weighted by atomic mass is 35.5. The topological polar surface area (TPSA) is 70.2 Å². The van der Waals surface area contributed by atoms with Crippen molar-refractivity contribution in [1.82, 2.24) is 16.0 Å². The van der Waals surface area contributed by atoms with Crippen LogP contribution in [0.15, 0.2) is 0 Å². The fourth-order valence-corrected chi connectivity index (χ4v) is 3.78. The van der Waals surface area contributed by atoms with Crippen LogP contribution in [-0.2, 0) is 4.79 Å². The van der Waals surface area contributed by atoms with E-state index in [4.69, 9.17) is 0 Å². The lowest BCUT2D eigenvalue weighted by Gasteiger charge is -2.30. The molecule has 3 N–H and O–H groups in total. The summed E-state index contributed by atoms with van der Waals surface area (Å²) < 4.78 is 0. The minimum Gasteiger partial charge on any atom is -0.351 e. The zero-order valence-corrected chi connectivity index (χ0v) is 11.6. The Balaban J connectivity index is 0.00000120. The maximum absolute atomic E-state index is 11.9. The van der Waals surface area contributed by atoms with Crippen LogP contribution >= 0.6 is 24.2 Å². The number of halogens is 1. The molecule has 3 heterocycles. The highest BCUT2D eigenvalue weighted by Crippen LogP contribution is 2.27. The summed E-state index contributed by atoms with van der Waals surface area (Å²) in [6, 6.07) is 1.10. The van der Waals surface area contributed by atoms with Crippen molar-refractivity contribution < 1.29 is 9.59 Å². The van der Waals surface area contributed by atoms with Crippen molar-refractivity contribution in [2.45, 2.75) is 49.9 Å². The molecule has 0 saturated carbocycles. The maximum Gasteiger partial charge on any atom is 0.279 e. The van der Waals surface area contributed by atoms with Gasteiger partial charge in [0.2, 0.25) is 5.91 Å². The zero-order chi connectivity index (χ0) is 11.8. The molecule has 0 aliphatic carbocycles. The molecule has 3 fully saturated rings. The van der Waals surface area contributed by atoms with Crippen molar-refractivity contribution >= 4 is 35.3 Å². The predicted molar refractivity (Wildman–Crippen MR) is 73.1 cm³/mol. The van der Waals surface area contributed by atoms with Crippen molar-refractivity contribution in [2.75, 3.05) is 5.75 Å². The molecule has 18 heavy (non-hydrogen) atoms. The Kier molecular flexibility index (Phi) is 4.40. The molecule has 2 unspecified atom stereocenters. The fraction of sp³-hybridized carbons (Fsp3) is 0.818. The van der Waals surface area contributed by atoms with E-state index in [1.165, 1.54) is 24.6 Å². The van der Waals surface area contributed by atoms with Gasteiger partial charge in [-0.1, -0.05) is 11.8 Å². The number of hydrogen-bond acceptors (Lipinski definition) is 4. The van der Waals surface area contributed by atoms with E-state index < -0.39 is 0 Å². The molecule has 3 aliphatic rings. The normalized spacial score (nSPS) is 37.9. The molecule has 102 valence electrons. The average molecular weight is 292 g/mol. The minimum absolute atomic E-state index is 0. The molecular weight excluding hydrogens is 274 g/mol. The maximum atomic E-state index is 11.9. The highest BCUT2D eigenvalue weighted by Gasteiger charge is 2.36. The van der Waals surface area contributed by atoms with E-state index in [0.29, 0.717) is 17.8 Å². The number of hydrogen-bond donors (Lipinski definition) is 3. The van der Waals surface area contributed by atoms with Gasteiger partial charge in [0.15, 0.2) is 0 Å². The third-order valence-electron chi connectivity index (χ3n) is 3.81. The van der Waals surface area contributed by atoms with Crippen molar-refractivity contribution in [1.29, 1.82) is 0 Å². The second-order valence-corrected chi connectivity index (χ2v) is 6.10. The standard InChI is InChI=1S/C11H17N3O2S.ClH/c15-10(9-5-17-11(16)14-9)13-8-3-6-1-2-7(4-8)12-6;/h6-9,12H,1-5H2,(H,13,15)(H,14,16);1H/t6?,7?,8?,9-;/m0./s1. The lowest BCUT2D eigenvalue weighted by atomic mass is 9.99. The van der Waals surface area contributed by atoms with Crippen molar-refractivity contribution in [2.24, 2.45) is 0 Å². The van der Waals surface area contributed by atoms with Crippen molar-refractivity contribution in [3.63, 3.8) is 0 Å². The number of thioether (sulfide) groups is 1. The molecular formula is C11H18ClN3O2S. The van der Waals surface area contributed by atoms with Crippen LogP contribution in [0.5, 0.6) is 0 Å². The van der Waals surface area contributed by atoms with Crippen LogP contribution in [0.3, 0.4) is 0 Å². The summed E-state index contributed by atoms with van der Waals surface area (Å²) in [5.74, 6) is 0.539. The summed E-state index contributed by atoms with van der Waals surface area (Å²) in [5.41, 5.74) is 0. The van der Waals surface area contributed by atoms with Gasteiger partial charge in [0.05, 0.1) is 0 Å². The summed E-state index contributed by atoms with van der Waals surface area (Å²) in [5, 5.41) is 9.21. The van der Waals surface area contributed by atoms with Gasteiger partial charge in [-0.2, -0.15) is 0 Å². The van der Waals surface area contributed by atoms with Gasteiger partial charge >= 0.3 is 0 Å². The fourth-order valence-electron chi connectivity index (χ4n) is 3.00. The Bertz CT molecular complexity index is 343. The van der Waals surface area contributed by atoms with Crippen molar-refractivity contribution in [3.05, 3.63) is 0 Å². The molecule has 0 aromatic heterocycles. The number of carbonyl (C=O) groups is 2. The third-order valence-corrected chi connectivity index (χ3v) is 4.69. The molecule has 2 bridgehead atoms. The van der Waals surface area contributed by atoms with Gasteiger partial charge in [-0.25, -0.2) is 0 Å². The van der Waals surface area contributed by atoms with Crippen molar-refractivity contribution in [3.8, 4) is 0 Å². The van der Waals surface area contributed by atoms with Crippen LogP contribution in [-0.4, -0.2) is 41.1 Å². The van der Waals surface area contributed by atoms with Gasteiger partial charge in [0, 0.05) is 23.9 Å². The molecule has 3 aliphatic heterocycles. The highest BCUT2D eigenvalue weighted by molar-refractivity contribution is 8.14. The molecule has 3 atom stereocenters. The van der Waals surface area contributed by atoms with E-state index in [-0.39, 0.29) is 35.6 Å². The summed E-state index contributed by atoms with van der Waals surface area (Å²) in [4.78, 5) is 23.0. The lowest BCUT2D eigenvalue weighted by molar-refractivity contribution is -0.123. The summed E-state index contributed by atoms with van der Waals surface area (Å²) in [7, 11) is 0. The summed E-state index contributed by atoms with van der Waals surface area (Å²) >= 11 is 1.19. The summed E-state index contributed by atoms with van der Waals surface area (Å²) in [6.45, 7) is 0. The monoisotopic (exact) mass is 291 g/mol. The first kappa shape index (κ1) is 14.0. The van der Waals surface area contributed by atoms with E-state index in [0.717, 1.165) is 12.8 Å². The average Bonchev–Trinajstić information content (AvgIpc) is 2.85. The van der Waals surface area contributed by atoms with Gasteiger partial charge < -0.3 is 16.0 Å². The summed E-state index contributed by atoms with van der Waals surface area (Å²) in [6.07, 6.45) is 4.51. The van der Waals surface area contributed by atoms with E-state index in [1.807, 2.05) is 0 Å². The quantitative estimate of drug-likeness (QED) is 0.698. The number of piperidine rings is 1. The molecule has 2 amide bonds. The molecule has 0 radical (unpaired) electrons. The molecule has 0 spiro atoms. The second kappa shape index (κ2) is 5.67.